The topological polar surface area (TPSA) is 48.7 Å². The molecule has 0 spiro atoms. The van der Waals surface area contributed by atoms with Gasteiger partial charge in [-0.05, 0) is 13.8 Å². The molecule has 0 amide bonds. The number of rotatable bonds is 4. The van der Waals surface area contributed by atoms with Crippen molar-refractivity contribution in [2.75, 3.05) is 7.11 Å². The van der Waals surface area contributed by atoms with Crippen molar-refractivity contribution in [2.24, 2.45) is 0 Å². The fourth-order valence-corrected chi connectivity index (χ4v) is 1.07. The summed E-state index contributed by atoms with van der Waals surface area (Å²) in [5, 5.41) is 0. The Morgan fingerprint density at radius 2 is 2.21 bits per heavy atom. The number of aryl methyl sites for hydroxylation is 1. The van der Waals surface area contributed by atoms with Crippen molar-refractivity contribution in [1.82, 2.24) is 0 Å². The van der Waals surface area contributed by atoms with Crippen LogP contribution >= 0.6 is 0 Å². The maximum absolute atomic E-state index is 11.1. The predicted molar refractivity (Wildman–Crippen MR) is 50.5 cm³/mol. The Labute approximate surface area is 82.8 Å². The number of ether oxygens (including phenoxy) is 2. The number of carbonyl (C=O) groups is 1. The Balaban J connectivity index is 2.81. The standard InChI is InChI=1S/C10H14O4/c1-6-5-9(13-8(3)12-4)14-10(6)7(2)11/h5,8H,1-4H3. The molecule has 1 atom stereocenters. The predicted octanol–water partition coefficient (Wildman–Crippen LogP) is 2.16. The first-order chi connectivity index (χ1) is 6.54. The third-order valence-electron chi connectivity index (χ3n) is 1.83. The first-order valence-corrected chi connectivity index (χ1v) is 4.35. The van der Waals surface area contributed by atoms with Crippen LogP contribution in [0.15, 0.2) is 10.5 Å². The number of hydrogen-bond acceptors (Lipinski definition) is 4. The molecule has 78 valence electrons. The normalized spacial score (nSPS) is 12.6. The van der Waals surface area contributed by atoms with Gasteiger partial charge in [0.1, 0.15) is 0 Å². The van der Waals surface area contributed by atoms with Crippen LogP contribution < -0.4 is 4.74 Å². The Kier molecular flexibility index (Phi) is 3.30. The summed E-state index contributed by atoms with van der Waals surface area (Å²) in [7, 11) is 1.53. The fourth-order valence-electron chi connectivity index (χ4n) is 1.07. The lowest BCUT2D eigenvalue weighted by Gasteiger charge is -2.08. The van der Waals surface area contributed by atoms with Gasteiger partial charge in [-0.25, -0.2) is 0 Å². The summed E-state index contributed by atoms with van der Waals surface area (Å²) >= 11 is 0. The lowest BCUT2D eigenvalue weighted by atomic mass is 10.2. The van der Waals surface area contributed by atoms with E-state index in [1.807, 2.05) is 0 Å². The van der Waals surface area contributed by atoms with Gasteiger partial charge >= 0.3 is 0 Å². The molecule has 1 heterocycles. The van der Waals surface area contributed by atoms with Crippen LogP contribution in [-0.2, 0) is 4.74 Å². The average molecular weight is 198 g/mol. The second kappa shape index (κ2) is 4.28. The van der Waals surface area contributed by atoms with Crippen molar-refractivity contribution < 1.29 is 18.7 Å². The van der Waals surface area contributed by atoms with Gasteiger partial charge < -0.3 is 13.9 Å². The maximum atomic E-state index is 11.1. The molecule has 1 aromatic rings. The Bertz CT molecular complexity index is 327. The highest BCUT2D eigenvalue weighted by molar-refractivity contribution is 5.92. The van der Waals surface area contributed by atoms with Crippen molar-refractivity contribution in [3.05, 3.63) is 17.4 Å². The molecule has 4 nitrogen and oxygen atoms in total. The summed E-state index contributed by atoms with van der Waals surface area (Å²) < 4.78 is 15.3. The molecule has 0 saturated heterocycles. The summed E-state index contributed by atoms with van der Waals surface area (Å²) in [6, 6.07) is 1.67. The van der Waals surface area contributed by atoms with Crippen LogP contribution in [0.3, 0.4) is 0 Å². The molecule has 1 rings (SSSR count). The summed E-state index contributed by atoms with van der Waals surface area (Å²) in [5.41, 5.74) is 0.774. The monoisotopic (exact) mass is 198 g/mol. The number of hydrogen-bond donors (Lipinski definition) is 0. The molecule has 1 aromatic heterocycles. The second-order valence-electron chi connectivity index (χ2n) is 3.05. The molecule has 0 saturated carbocycles. The van der Waals surface area contributed by atoms with Crippen LogP contribution in [0, 0.1) is 6.92 Å². The maximum Gasteiger partial charge on any atom is 0.287 e. The highest BCUT2D eigenvalue weighted by Crippen LogP contribution is 2.22. The fraction of sp³-hybridized carbons (Fsp3) is 0.500. The van der Waals surface area contributed by atoms with Gasteiger partial charge in [-0.1, -0.05) is 0 Å². The summed E-state index contributed by atoms with van der Waals surface area (Å²) in [4.78, 5) is 11.1. The van der Waals surface area contributed by atoms with Crippen molar-refractivity contribution in [3.63, 3.8) is 0 Å². The zero-order valence-electron chi connectivity index (χ0n) is 8.79. The van der Waals surface area contributed by atoms with E-state index < -0.39 is 0 Å². The number of Topliss-reactive ketones (excluding diaryl/α,β-unsaturated/α-hetero) is 1. The van der Waals surface area contributed by atoms with Crippen molar-refractivity contribution in [1.29, 1.82) is 0 Å². The van der Waals surface area contributed by atoms with Crippen molar-refractivity contribution in [3.8, 4) is 5.95 Å². The van der Waals surface area contributed by atoms with E-state index in [2.05, 4.69) is 0 Å². The first kappa shape index (κ1) is 10.8. The van der Waals surface area contributed by atoms with Crippen molar-refractivity contribution in [2.45, 2.75) is 27.1 Å². The van der Waals surface area contributed by atoms with Crippen LogP contribution in [0.1, 0.15) is 30.0 Å². The third kappa shape index (κ3) is 2.35. The smallest absolute Gasteiger partial charge is 0.287 e. The lowest BCUT2D eigenvalue weighted by molar-refractivity contribution is -0.0513. The third-order valence-corrected chi connectivity index (χ3v) is 1.83. The van der Waals surface area contributed by atoms with E-state index in [0.717, 1.165) is 5.56 Å². The number of ketones is 1. The largest absolute Gasteiger partial charge is 0.436 e. The van der Waals surface area contributed by atoms with Crippen LogP contribution in [-0.4, -0.2) is 19.2 Å². The molecule has 0 aliphatic heterocycles. The molecular formula is C10H14O4. The van der Waals surface area contributed by atoms with Gasteiger partial charge in [-0.3, -0.25) is 4.79 Å². The Hall–Kier alpha value is -1.29. The summed E-state index contributed by atoms with van der Waals surface area (Å²) in [6.07, 6.45) is -0.389. The zero-order chi connectivity index (χ0) is 10.7. The van der Waals surface area contributed by atoms with Gasteiger partial charge in [0.15, 0.2) is 17.8 Å². The minimum Gasteiger partial charge on any atom is -0.436 e. The quantitative estimate of drug-likeness (QED) is 0.549. The Morgan fingerprint density at radius 3 is 2.64 bits per heavy atom. The van der Waals surface area contributed by atoms with Crippen molar-refractivity contribution >= 4 is 5.78 Å². The lowest BCUT2D eigenvalue weighted by Crippen LogP contribution is -2.12. The van der Waals surface area contributed by atoms with E-state index in [0.29, 0.717) is 11.7 Å². The van der Waals surface area contributed by atoms with Gasteiger partial charge in [-0.2, -0.15) is 0 Å². The first-order valence-electron chi connectivity index (χ1n) is 4.35. The van der Waals surface area contributed by atoms with Crippen LogP contribution in [0.25, 0.3) is 0 Å². The molecule has 1 unspecified atom stereocenters. The minimum absolute atomic E-state index is 0.109. The van der Waals surface area contributed by atoms with Gasteiger partial charge in [0.25, 0.3) is 5.95 Å². The highest BCUT2D eigenvalue weighted by atomic mass is 16.7. The number of carbonyl (C=O) groups excluding carboxylic acids is 1. The SMILES string of the molecule is COC(C)Oc1cc(C)c(C(C)=O)o1. The molecular weight excluding hydrogens is 184 g/mol. The van der Waals surface area contributed by atoms with E-state index in [1.165, 1.54) is 14.0 Å². The molecule has 0 bridgehead atoms. The average Bonchev–Trinajstić information content (AvgIpc) is 2.46. The van der Waals surface area contributed by atoms with E-state index in [4.69, 9.17) is 13.9 Å². The number of furan rings is 1. The van der Waals surface area contributed by atoms with Gasteiger partial charge in [0.05, 0.1) is 0 Å². The molecule has 0 radical (unpaired) electrons. The van der Waals surface area contributed by atoms with Crippen LogP contribution in [0.5, 0.6) is 5.95 Å². The summed E-state index contributed by atoms with van der Waals surface area (Å²) in [6.45, 7) is 4.99. The highest BCUT2D eigenvalue weighted by Gasteiger charge is 2.13. The van der Waals surface area contributed by atoms with Crippen LogP contribution in [0.4, 0.5) is 0 Å². The molecule has 0 aliphatic rings. The minimum atomic E-state index is -0.389. The van der Waals surface area contributed by atoms with Crippen LogP contribution in [0.2, 0.25) is 0 Å². The molecule has 0 fully saturated rings. The molecule has 4 heteroatoms. The second-order valence-corrected chi connectivity index (χ2v) is 3.05. The summed E-state index contributed by atoms with van der Waals surface area (Å²) in [5.74, 6) is 0.535. The molecule has 0 aliphatic carbocycles. The van der Waals surface area contributed by atoms with Gasteiger partial charge in [0.2, 0.25) is 0 Å². The van der Waals surface area contributed by atoms with Gasteiger partial charge in [0, 0.05) is 25.7 Å². The zero-order valence-corrected chi connectivity index (χ0v) is 8.79. The molecule has 14 heavy (non-hydrogen) atoms. The van der Waals surface area contributed by atoms with E-state index >= 15 is 0 Å². The van der Waals surface area contributed by atoms with Gasteiger partial charge in [-0.15, -0.1) is 0 Å². The molecule has 0 aromatic carbocycles. The molecule has 0 N–H and O–H groups in total. The van der Waals surface area contributed by atoms with E-state index in [-0.39, 0.29) is 12.1 Å². The van der Waals surface area contributed by atoms with E-state index in [1.54, 1.807) is 19.9 Å². The Morgan fingerprint density at radius 1 is 1.57 bits per heavy atom. The number of methoxy groups -OCH3 is 1. The van der Waals surface area contributed by atoms with E-state index in [9.17, 15) is 4.79 Å².